The number of rotatable bonds is 4. The van der Waals surface area contributed by atoms with Crippen molar-refractivity contribution in [2.45, 2.75) is 25.9 Å². The first kappa shape index (κ1) is 19.8. The molecule has 1 fully saturated rings. The molecule has 0 radical (unpaired) electrons. The zero-order valence-electron chi connectivity index (χ0n) is 17.7. The molecule has 31 heavy (non-hydrogen) atoms. The number of hydrogen-bond acceptors (Lipinski definition) is 6. The largest absolute Gasteiger partial charge is 0.376 e. The van der Waals surface area contributed by atoms with Gasteiger partial charge < -0.3 is 14.4 Å². The number of likely N-dealkylation sites (N-methyl/N-ethyl adjacent to an activating group) is 1. The number of carbonyl (C=O) groups excluding carboxylic acids is 1. The minimum atomic E-state index is -0.110. The molecule has 0 N–H and O–H groups in total. The second kappa shape index (κ2) is 8.20. The van der Waals surface area contributed by atoms with Crippen molar-refractivity contribution in [1.29, 1.82) is 0 Å². The summed E-state index contributed by atoms with van der Waals surface area (Å²) >= 11 is 0. The number of aromatic nitrogens is 4. The summed E-state index contributed by atoms with van der Waals surface area (Å²) in [6.07, 6.45) is 5.27. The number of amides is 1. The van der Waals surface area contributed by atoms with Gasteiger partial charge in [-0.2, -0.15) is 5.10 Å². The first-order chi connectivity index (χ1) is 15.1. The fourth-order valence-corrected chi connectivity index (χ4v) is 4.21. The van der Waals surface area contributed by atoms with Gasteiger partial charge in [-0.05, 0) is 30.9 Å². The highest BCUT2D eigenvalue weighted by Gasteiger charge is 2.24. The van der Waals surface area contributed by atoms with Crippen LogP contribution in [0, 0.1) is 6.92 Å². The standard InChI is InChI=1S/C23H25N5O3/c1-15-20(22(29)27(2)13-18-14-30-9-10-31-18)12-25-28(15)23-24-11-17-8-7-16-5-3-4-6-19(16)21(17)26-23/h3-6,11-12,18H,7-10,13-14H2,1-2H3/t18-/m0/s1. The van der Waals surface area contributed by atoms with Crippen LogP contribution in [0.15, 0.2) is 36.7 Å². The Hall–Kier alpha value is -3.10. The first-order valence-electron chi connectivity index (χ1n) is 10.6. The third-order valence-corrected chi connectivity index (χ3v) is 5.93. The molecule has 0 unspecified atom stereocenters. The van der Waals surface area contributed by atoms with E-state index in [9.17, 15) is 4.79 Å². The van der Waals surface area contributed by atoms with E-state index in [-0.39, 0.29) is 12.0 Å². The lowest BCUT2D eigenvalue weighted by Crippen LogP contribution is -2.40. The van der Waals surface area contributed by atoms with E-state index in [4.69, 9.17) is 14.5 Å². The molecule has 0 spiro atoms. The average Bonchev–Trinajstić information content (AvgIpc) is 3.20. The van der Waals surface area contributed by atoms with Gasteiger partial charge in [-0.15, -0.1) is 0 Å². The topological polar surface area (TPSA) is 82.4 Å². The van der Waals surface area contributed by atoms with E-state index >= 15 is 0 Å². The predicted molar refractivity (Wildman–Crippen MR) is 114 cm³/mol. The summed E-state index contributed by atoms with van der Waals surface area (Å²) in [6.45, 7) is 3.99. The molecule has 1 aliphatic heterocycles. The Morgan fingerprint density at radius 2 is 2.03 bits per heavy atom. The average molecular weight is 419 g/mol. The molecular weight excluding hydrogens is 394 g/mol. The summed E-state index contributed by atoms with van der Waals surface area (Å²) < 4.78 is 12.7. The molecule has 1 atom stereocenters. The van der Waals surface area contributed by atoms with Crippen LogP contribution in [0.5, 0.6) is 0 Å². The van der Waals surface area contributed by atoms with Gasteiger partial charge >= 0.3 is 0 Å². The van der Waals surface area contributed by atoms with Gasteiger partial charge in [-0.3, -0.25) is 4.79 Å². The van der Waals surface area contributed by atoms with E-state index in [1.807, 2.05) is 19.2 Å². The van der Waals surface area contributed by atoms with Gasteiger partial charge in [0.25, 0.3) is 11.9 Å². The van der Waals surface area contributed by atoms with Crippen LogP contribution in [-0.2, 0) is 22.3 Å². The lowest BCUT2D eigenvalue weighted by molar-refractivity contribution is -0.0933. The maximum absolute atomic E-state index is 13.0. The van der Waals surface area contributed by atoms with Crippen LogP contribution >= 0.6 is 0 Å². The molecule has 1 aromatic carbocycles. The van der Waals surface area contributed by atoms with Crippen molar-refractivity contribution in [3.05, 3.63) is 59.0 Å². The zero-order chi connectivity index (χ0) is 21.4. The van der Waals surface area contributed by atoms with Crippen molar-refractivity contribution >= 4 is 5.91 Å². The van der Waals surface area contributed by atoms with Gasteiger partial charge in [0.2, 0.25) is 0 Å². The molecule has 160 valence electrons. The van der Waals surface area contributed by atoms with Crippen LogP contribution in [0.2, 0.25) is 0 Å². The smallest absolute Gasteiger partial charge is 0.257 e. The van der Waals surface area contributed by atoms with Crippen LogP contribution in [0.4, 0.5) is 0 Å². The normalized spacial score (nSPS) is 17.7. The molecule has 2 aromatic heterocycles. The number of fused-ring (bicyclic) bond motifs is 3. The zero-order valence-corrected chi connectivity index (χ0v) is 17.7. The van der Waals surface area contributed by atoms with Crippen LogP contribution in [0.1, 0.15) is 27.2 Å². The number of nitrogens with zero attached hydrogens (tertiary/aromatic N) is 5. The molecule has 8 nitrogen and oxygen atoms in total. The van der Waals surface area contributed by atoms with Gasteiger partial charge in [-0.1, -0.05) is 24.3 Å². The summed E-state index contributed by atoms with van der Waals surface area (Å²) in [5, 5.41) is 4.43. The number of ether oxygens (including phenoxy) is 2. The minimum Gasteiger partial charge on any atom is -0.376 e. The molecular formula is C23H25N5O3. The summed E-state index contributed by atoms with van der Waals surface area (Å²) in [6, 6.07) is 8.33. The molecule has 2 aliphatic rings. The Morgan fingerprint density at radius 1 is 1.19 bits per heavy atom. The third kappa shape index (κ3) is 3.73. The molecule has 1 saturated heterocycles. The van der Waals surface area contributed by atoms with Gasteiger partial charge in [0.1, 0.15) is 0 Å². The van der Waals surface area contributed by atoms with E-state index in [2.05, 4.69) is 28.3 Å². The Balaban J connectivity index is 1.41. The fraction of sp³-hybridized carbons (Fsp3) is 0.391. The molecule has 0 bridgehead atoms. The second-order valence-electron chi connectivity index (χ2n) is 8.01. The molecule has 8 heteroatoms. The Labute approximate surface area is 180 Å². The van der Waals surface area contributed by atoms with Crippen molar-refractivity contribution in [2.75, 3.05) is 33.4 Å². The van der Waals surface area contributed by atoms with Crippen molar-refractivity contribution in [3.63, 3.8) is 0 Å². The van der Waals surface area contributed by atoms with Gasteiger partial charge in [0, 0.05) is 25.4 Å². The summed E-state index contributed by atoms with van der Waals surface area (Å²) in [7, 11) is 1.77. The molecule has 1 amide bonds. The van der Waals surface area contributed by atoms with Crippen molar-refractivity contribution < 1.29 is 14.3 Å². The van der Waals surface area contributed by atoms with E-state index in [0.29, 0.717) is 43.6 Å². The first-order valence-corrected chi connectivity index (χ1v) is 10.6. The number of carbonyl (C=O) groups is 1. The van der Waals surface area contributed by atoms with Gasteiger partial charge in [0.05, 0.1) is 49.1 Å². The third-order valence-electron chi connectivity index (χ3n) is 5.93. The lowest BCUT2D eigenvalue weighted by atomic mass is 9.90. The monoisotopic (exact) mass is 419 g/mol. The number of benzene rings is 1. The quantitative estimate of drug-likeness (QED) is 0.645. The predicted octanol–water partition coefficient (Wildman–Crippen LogP) is 2.22. The minimum absolute atomic E-state index is 0.109. The summed E-state index contributed by atoms with van der Waals surface area (Å²) in [5.41, 5.74) is 5.76. The van der Waals surface area contributed by atoms with Crippen LogP contribution in [0.3, 0.4) is 0 Å². The summed E-state index contributed by atoms with van der Waals surface area (Å²) in [5.74, 6) is 0.361. The number of hydrogen-bond donors (Lipinski definition) is 0. The van der Waals surface area contributed by atoms with Crippen molar-refractivity contribution in [3.8, 4) is 17.2 Å². The van der Waals surface area contributed by atoms with E-state index in [0.717, 1.165) is 29.7 Å². The Kier molecular flexibility index (Phi) is 5.25. The fourth-order valence-electron chi connectivity index (χ4n) is 4.21. The lowest BCUT2D eigenvalue weighted by Gasteiger charge is -2.27. The highest BCUT2D eigenvalue weighted by atomic mass is 16.6. The van der Waals surface area contributed by atoms with E-state index < -0.39 is 0 Å². The molecule has 1 aliphatic carbocycles. The number of aryl methyl sites for hydroxylation is 2. The highest BCUT2D eigenvalue weighted by Crippen LogP contribution is 2.31. The summed E-state index contributed by atoms with van der Waals surface area (Å²) in [4.78, 5) is 24.0. The maximum atomic E-state index is 13.0. The second-order valence-corrected chi connectivity index (χ2v) is 8.01. The SMILES string of the molecule is Cc1c(C(=O)N(C)C[C@H]2COCCO2)cnn1-c1ncc2c(n1)-c1ccccc1CC2. The van der Waals surface area contributed by atoms with Gasteiger partial charge in [0.15, 0.2) is 0 Å². The molecule has 3 heterocycles. The van der Waals surface area contributed by atoms with Gasteiger partial charge in [-0.25, -0.2) is 14.6 Å². The Morgan fingerprint density at radius 3 is 2.87 bits per heavy atom. The van der Waals surface area contributed by atoms with Crippen molar-refractivity contribution in [2.24, 2.45) is 0 Å². The molecule has 0 saturated carbocycles. The van der Waals surface area contributed by atoms with Crippen LogP contribution < -0.4 is 0 Å². The van der Waals surface area contributed by atoms with Crippen LogP contribution in [-0.4, -0.2) is 70.1 Å². The Bertz CT molecular complexity index is 1120. The molecule has 5 rings (SSSR count). The molecule has 3 aromatic rings. The van der Waals surface area contributed by atoms with E-state index in [1.54, 1.807) is 22.8 Å². The van der Waals surface area contributed by atoms with Crippen molar-refractivity contribution in [1.82, 2.24) is 24.6 Å². The maximum Gasteiger partial charge on any atom is 0.257 e. The van der Waals surface area contributed by atoms with E-state index in [1.165, 1.54) is 5.56 Å². The van der Waals surface area contributed by atoms with Crippen LogP contribution in [0.25, 0.3) is 17.2 Å². The highest BCUT2D eigenvalue weighted by molar-refractivity contribution is 5.95.